The molecule has 0 spiro atoms. The van der Waals surface area contributed by atoms with Crippen LogP contribution >= 0.6 is 0 Å². The predicted octanol–water partition coefficient (Wildman–Crippen LogP) is 1.49. The second-order valence-corrected chi connectivity index (χ2v) is 3.80. The van der Waals surface area contributed by atoms with Gasteiger partial charge in [-0.3, -0.25) is 4.79 Å². The zero-order valence-electron chi connectivity index (χ0n) is 9.81. The van der Waals surface area contributed by atoms with Crippen LogP contribution < -0.4 is 5.32 Å². The Bertz CT molecular complexity index is 554. The van der Waals surface area contributed by atoms with Crippen LogP contribution in [0.3, 0.4) is 0 Å². The number of amides is 1. The molecule has 0 bridgehead atoms. The Hall–Kier alpha value is -2.24. The Labute approximate surface area is 103 Å². The second kappa shape index (κ2) is 5.39. The monoisotopic (exact) mass is 249 g/mol. The molecule has 0 saturated carbocycles. The van der Waals surface area contributed by atoms with Crippen molar-refractivity contribution in [2.24, 2.45) is 0 Å². The molecule has 2 aromatic rings. The fourth-order valence-corrected chi connectivity index (χ4v) is 1.53. The number of halogens is 1. The number of aromatic nitrogens is 2. The molecule has 1 amide bonds. The number of hydrogen-bond donors (Lipinski definition) is 1. The first kappa shape index (κ1) is 12.2. The quantitative estimate of drug-likeness (QED) is 0.891. The summed E-state index contributed by atoms with van der Waals surface area (Å²) in [6, 6.07) is 6.46. The number of carbonyl (C=O) groups is 1. The third-order valence-electron chi connectivity index (χ3n) is 2.51. The van der Waals surface area contributed by atoms with E-state index >= 15 is 0 Å². The molecule has 0 unspecified atom stereocenters. The molecule has 0 aliphatic heterocycles. The molecule has 2 rings (SSSR count). The molecule has 1 aromatic heterocycles. The Morgan fingerprint density at radius 2 is 2.17 bits per heavy atom. The van der Waals surface area contributed by atoms with Gasteiger partial charge in [-0.1, -0.05) is 23.4 Å². The average Bonchev–Trinajstić information content (AvgIpc) is 2.78. The van der Waals surface area contributed by atoms with Gasteiger partial charge in [0.1, 0.15) is 11.5 Å². The lowest BCUT2D eigenvalue weighted by atomic mass is 10.1. The summed E-state index contributed by atoms with van der Waals surface area (Å²) in [6.07, 6.45) is 0.419. The highest BCUT2D eigenvalue weighted by Gasteiger charge is 2.14. The predicted molar refractivity (Wildman–Crippen MR) is 61.5 cm³/mol. The van der Waals surface area contributed by atoms with Crippen molar-refractivity contribution in [2.75, 3.05) is 6.54 Å². The Morgan fingerprint density at radius 1 is 1.39 bits per heavy atom. The van der Waals surface area contributed by atoms with Crippen LogP contribution in [0.1, 0.15) is 21.7 Å². The van der Waals surface area contributed by atoms with Crippen LogP contribution in [-0.4, -0.2) is 22.8 Å². The van der Waals surface area contributed by atoms with Crippen LogP contribution in [0.15, 0.2) is 28.9 Å². The maximum atomic E-state index is 13.3. The molecule has 1 heterocycles. The lowest BCUT2D eigenvalue weighted by Gasteiger charge is -2.04. The summed E-state index contributed by atoms with van der Waals surface area (Å²) in [4.78, 5) is 11.6. The van der Waals surface area contributed by atoms with E-state index in [0.29, 0.717) is 24.2 Å². The Kier molecular flexibility index (Phi) is 3.66. The summed E-state index contributed by atoms with van der Waals surface area (Å²) in [6.45, 7) is 1.95. The molecule has 0 aliphatic carbocycles. The fraction of sp³-hybridized carbons (Fsp3) is 0.250. The van der Waals surface area contributed by atoms with Gasteiger partial charge in [-0.2, -0.15) is 0 Å². The first-order valence-corrected chi connectivity index (χ1v) is 5.49. The van der Waals surface area contributed by atoms with E-state index in [4.69, 9.17) is 0 Å². The van der Waals surface area contributed by atoms with Crippen molar-refractivity contribution in [2.45, 2.75) is 13.3 Å². The number of rotatable bonds is 4. The van der Waals surface area contributed by atoms with E-state index in [9.17, 15) is 9.18 Å². The van der Waals surface area contributed by atoms with Crippen LogP contribution in [0, 0.1) is 12.7 Å². The van der Waals surface area contributed by atoms with Crippen molar-refractivity contribution in [3.63, 3.8) is 0 Å². The van der Waals surface area contributed by atoms with Crippen molar-refractivity contribution >= 4 is 5.91 Å². The molecule has 0 radical (unpaired) electrons. The van der Waals surface area contributed by atoms with Gasteiger partial charge in [0.15, 0.2) is 5.69 Å². The minimum atomic E-state index is -0.370. The molecule has 0 saturated heterocycles. The molecule has 0 atom stereocenters. The van der Waals surface area contributed by atoms with Crippen LogP contribution in [0.4, 0.5) is 4.39 Å². The van der Waals surface area contributed by atoms with Crippen LogP contribution in [0.25, 0.3) is 0 Å². The lowest BCUT2D eigenvalue weighted by Crippen LogP contribution is -2.26. The van der Waals surface area contributed by atoms with E-state index in [0.717, 1.165) is 0 Å². The zero-order valence-corrected chi connectivity index (χ0v) is 9.81. The van der Waals surface area contributed by atoms with E-state index in [1.165, 1.54) is 6.07 Å². The summed E-state index contributed by atoms with van der Waals surface area (Å²) >= 11 is 0. The van der Waals surface area contributed by atoms with Gasteiger partial charge in [0.05, 0.1) is 0 Å². The number of carbonyl (C=O) groups excluding carboxylic acids is 1. The molecule has 5 nitrogen and oxygen atoms in total. The fourth-order valence-electron chi connectivity index (χ4n) is 1.53. The highest BCUT2D eigenvalue weighted by atomic mass is 19.1. The summed E-state index contributed by atoms with van der Waals surface area (Å²) in [5.74, 6) is -0.642. The second-order valence-electron chi connectivity index (χ2n) is 3.80. The van der Waals surface area contributed by atoms with Crippen LogP contribution in [0.5, 0.6) is 0 Å². The molecule has 0 aliphatic rings. The SMILES string of the molecule is Cc1nonc1C(=O)NCCc1ccccc1F. The summed E-state index contributed by atoms with van der Waals surface area (Å²) in [5, 5.41) is 9.63. The van der Waals surface area contributed by atoms with E-state index < -0.39 is 0 Å². The van der Waals surface area contributed by atoms with E-state index in [1.54, 1.807) is 25.1 Å². The largest absolute Gasteiger partial charge is 0.350 e. The van der Waals surface area contributed by atoms with E-state index in [2.05, 4.69) is 20.3 Å². The lowest BCUT2D eigenvalue weighted by molar-refractivity contribution is 0.0944. The van der Waals surface area contributed by atoms with E-state index in [-0.39, 0.29) is 17.4 Å². The van der Waals surface area contributed by atoms with Gasteiger partial charge >= 0.3 is 0 Å². The smallest absolute Gasteiger partial charge is 0.275 e. The van der Waals surface area contributed by atoms with E-state index in [1.807, 2.05) is 0 Å². The first-order valence-electron chi connectivity index (χ1n) is 5.49. The average molecular weight is 249 g/mol. The van der Waals surface area contributed by atoms with Crippen molar-refractivity contribution < 1.29 is 13.8 Å². The molecule has 94 valence electrons. The minimum Gasteiger partial charge on any atom is -0.350 e. The van der Waals surface area contributed by atoms with Crippen molar-refractivity contribution in [1.82, 2.24) is 15.6 Å². The maximum Gasteiger partial charge on any atom is 0.275 e. The Morgan fingerprint density at radius 3 is 2.83 bits per heavy atom. The number of hydrogen-bond acceptors (Lipinski definition) is 4. The number of nitrogens with zero attached hydrogens (tertiary/aromatic N) is 2. The minimum absolute atomic E-state index is 0.156. The molecular weight excluding hydrogens is 237 g/mol. The third kappa shape index (κ3) is 2.71. The number of benzene rings is 1. The van der Waals surface area contributed by atoms with Crippen LogP contribution in [-0.2, 0) is 6.42 Å². The van der Waals surface area contributed by atoms with Gasteiger partial charge in [0.2, 0.25) is 0 Å². The summed E-state index contributed by atoms with van der Waals surface area (Å²) < 4.78 is 17.7. The summed E-state index contributed by atoms with van der Waals surface area (Å²) in [5.41, 5.74) is 1.15. The molecule has 0 fully saturated rings. The maximum absolute atomic E-state index is 13.3. The van der Waals surface area contributed by atoms with Gasteiger partial charge in [-0.15, -0.1) is 0 Å². The molecule has 18 heavy (non-hydrogen) atoms. The number of nitrogens with one attached hydrogen (secondary N) is 1. The molecular formula is C12H12FN3O2. The van der Waals surface area contributed by atoms with Crippen LogP contribution in [0.2, 0.25) is 0 Å². The molecule has 6 heteroatoms. The van der Waals surface area contributed by atoms with Crippen molar-refractivity contribution in [3.05, 3.63) is 47.0 Å². The van der Waals surface area contributed by atoms with Gasteiger partial charge < -0.3 is 5.32 Å². The van der Waals surface area contributed by atoms with Gasteiger partial charge in [0.25, 0.3) is 5.91 Å². The highest BCUT2D eigenvalue weighted by molar-refractivity contribution is 5.92. The third-order valence-corrected chi connectivity index (χ3v) is 2.51. The van der Waals surface area contributed by atoms with Gasteiger partial charge in [-0.25, -0.2) is 9.02 Å². The molecule has 1 N–H and O–H groups in total. The van der Waals surface area contributed by atoms with Crippen molar-refractivity contribution in [1.29, 1.82) is 0 Å². The van der Waals surface area contributed by atoms with Gasteiger partial charge in [0, 0.05) is 6.54 Å². The topological polar surface area (TPSA) is 68.0 Å². The number of aryl methyl sites for hydroxylation is 1. The van der Waals surface area contributed by atoms with Crippen molar-refractivity contribution in [3.8, 4) is 0 Å². The normalized spacial score (nSPS) is 10.3. The first-order chi connectivity index (χ1) is 8.68. The van der Waals surface area contributed by atoms with Gasteiger partial charge in [-0.05, 0) is 30.1 Å². The highest BCUT2D eigenvalue weighted by Crippen LogP contribution is 2.06. The Balaban J connectivity index is 1.88. The molecule has 1 aromatic carbocycles. The zero-order chi connectivity index (χ0) is 13.0. The standard InChI is InChI=1S/C12H12FN3O2/c1-8-11(16-18-15-8)12(17)14-7-6-9-4-2-3-5-10(9)13/h2-5H,6-7H2,1H3,(H,14,17). The summed E-state index contributed by atoms with van der Waals surface area (Å²) in [7, 11) is 0.